The minimum Gasteiger partial charge on any atom is -0.264 e. The van der Waals surface area contributed by atoms with Crippen LogP contribution in [0.25, 0.3) is 22.2 Å². The zero-order chi connectivity index (χ0) is 16.5. The van der Waals surface area contributed by atoms with E-state index in [9.17, 15) is 4.39 Å². The van der Waals surface area contributed by atoms with Crippen molar-refractivity contribution in [3.05, 3.63) is 78.1 Å². The summed E-state index contributed by atoms with van der Waals surface area (Å²) in [5, 5.41) is 5.45. The van der Waals surface area contributed by atoms with Crippen molar-refractivity contribution in [3.63, 3.8) is 0 Å². The van der Waals surface area contributed by atoms with Crippen LogP contribution in [-0.4, -0.2) is 19.7 Å². The van der Waals surface area contributed by atoms with E-state index in [-0.39, 0.29) is 5.82 Å². The highest BCUT2D eigenvalue weighted by atomic mass is 19.1. The molecule has 0 aliphatic rings. The van der Waals surface area contributed by atoms with Gasteiger partial charge in [-0.25, -0.2) is 14.1 Å². The highest BCUT2D eigenvalue weighted by molar-refractivity contribution is 5.93. The van der Waals surface area contributed by atoms with Crippen LogP contribution < -0.4 is 0 Å². The number of rotatable bonds is 3. The first kappa shape index (κ1) is 14.5. The van der Waals surface area contributed by atoms with Crippen molar-refractivity contribution >= 4 is 11.0 Å². The second-order valence-corrected chi connectivity index (χ2v) is 5.72. The van der Waals surface area contributed by atoms with Crippen molar-refractivity contribution < 1.29 is 4.39 Å². The lowest BCUT2D eigenvalue weighted by molar-refractivity contribution is 0.625. The smallest absolute Gasteiger partial charge is 0.158 e. The average Bonchev–Trinajstić information content (AvgIpc) is 3.01. The molecule has 118 valence electrons. The van der Waals surface area contributed by atoms with Gasteiger partial charge in [0.2, 0.25) is 0 Å². The van der Waals surface area contributed by atoms with Crippen molar-refractivity contribution in [3.8, 4) is 11.1 Å². The molecule has 3 aromatic heterocycles. The van der Waals surface area contributed by atoms with Crippen LogP contribution in [0, 0.1) is 12.7 Å². The number of nitrogens with zero attached hydrogens (tertiary/aromatic N) is 4. The number of benzene rings is 1. The van der Waals surface area contributed by atoms with Crippen molar-refractivity contribution in [2.24, 2.45) is 0 Å². The molecule has 5 heteroatoms. The quantitative estimate of drug-likeness (QED) is 0.574. The molecule has 0 N–H and O–H groups in total. The molecule has 0 saturated carbocycles. The lowest BCUT2D eigenvalue weighted by atomic mass is 10.0. The Kier molecular flexibility index (Phi) is 3.54. The first-order chi connectivity index (χ1) is 11.7. The molecule has 0 fully saturated rings. The maximum atomic E-state index is 13.1. The van der Waals surface area contributed by atoms with Crippen LogP contribution in [0.1, 0.15) is 11.1 Å². The lowest BCUT2D eigenvalue weighted by Gasteiger charge is -2.07. The van der Waals surface area contributed by atoms with E-state index in [0.717, 1.165) is 33.3 Å². The van der Waals surface area contributed by atoms with Gasteiger partial charge in [-0.3, -0.25) is 4.98 Å². The molecule has 0 aliphatic carbocycles. The summed E-state index contributed by atoms with van der Waals surface area (Å²) in [6, 6.07) is 10.4. The molecule has 0 radical (unpaired) electrons. The van der Waals surface area contributed by atoms with E-state index in [1.807, 2.05) is 29.2 Å². The fourth-order valence-corrected chi connectivity index (χ4v) is 2.84. The Morgan fingerprint density at radius 1 is 0.958 bits per heavy atom. The third kappa shape index (κ3) is 2.54. The van der Waals surface area contributed by atoms with E-state index in [0.29, 0.717) is 6.54 Å². The average molecular weight is 318 g/mol. The van der Waals surface area contributed by atoms with Crippen LogP contribution in [0.2, 0.25) is 0 Å². The predicted molar refractivity (Wildman–Crippen MR) is 91.0 cm³/mol. The molecule has 4 rings (SSSR count). The van der Waals surface area contributed by atoms with Gasteiger partial charge >= 0.3 is 0 Å². The second kappa shape index (κ2) is 5.85. The standard InChI is InChI=1S/C19H15FN4/c1-13-6-8-21-10-17(13)16-7-9-22-19-18(16)11-23-24(19)12-14-2-4-15(20)5-3-14/h2-11H,12H2,1H3. The topological polar surface area (TPSA) is 43.6 Å². The summed E-state index contributed by atoms with van der Waals surface area (Å²) in [7, 11) is 0. The zero-order valence-electron chi connectivity index (χ0n) is 13.1. The van der Waals surface area contributed by atoms with Gasteiger partial charge in [-0.2, -0.15) is 5.10 Å². The Labute approximate surface area is 138 Å². The van der Waals surface area contributed by atoms with Crippen LogP contribution in [0.3, 0.4) is 0 Å². The molecule has 0 amide bonds. The number of fused-ring (bicyclic) bond motifs is 1. The largest absolute Gasteiger partial charge is 0.264 e. The van der Waals surface area contributed by atoms with Crippen LogP contribution in [0.5, 0.6) is 0 Å². The Balaban J connectivity index is 1.79. The van der Waals surface area contributed by atoms with E-state index < -0.39 is 0 Å². The number of aryl methyl sites for hydroxylation is 1. The van der Waals surface area contributed by atoms with Crippen LogP contribution in [-0.2, 0) is 6.54 Å². The monoisotopic (exact) mass is 318 g/mol. The lowest BCUT2D eigenvalue weighted by Crippen LogP contribution is -2.02. The molecule has 0 saturated heterocycles. The molecule has 0 unspecified atom stereocenters. The summed E-state index contributed by atoms with van der Waals surface area (Å²) in [6.07, 6.45) is 7.26. The molecule has 1 aromatic carbocycles. The molecule has 4 aromatic rings. The molecule has 4 nitrogen and oxygen atoms in total. The van der Waals surface area contributed by atoms with Gasteiger partial charge in [0.05, 0.1) is 12.7 Å². The van der Waals surface area contributed by atoms with Gasteiger partial charge in [-0.15, -0.1) is 0 Å². The van der Waals surface area contributed by atoms with Gasteiger partial charge in [-0.05, 0) is 47.9 Å². The SMILES string of the molecule is Cc1ccncc1-c1ccnc2c1cnn2Cc1ccc(F)cc1. The maximum Gasteiger partial charge on any atom is 0.158 e. The first-order valence-corrected chi connectivity index (χ1v) is 7.68. The number of aromatic nitrogens is 4. The molecule has 0 spiro atoms. The van der Waals surface area contributed by atoms with E-state index in [1.54, 1.807) is 24.5 Å². The van der Waals surface area contributed by atoms with Gasteiger partial charge in [0.1, 0.15) is 5.82 Å². The van der Waals surface area contributed by atoms with Crippen LogP contribution in [0.4, 0.5) is 4.39 Å². The third-order valence-electron chi connectivity index (χ3n) is 4.11. The summed E-state index contributed by atoms with van der Waals surface area (Å²) >= 11 is 0. The summed E-state index contributed by atoms with van der Waals surface area (Å²) in [4.78, 5) is 8.71. The van der Waals surface area contributed by atoms with Crippen molar-refractivity contribution in [1.29, 1.82) is 0 Å². The molecular formula is C19H15FN4. The third-order valence-corrected chi connectivity index (χ3v) is 4.11. The molecular weight excluding hydrogens is 303 g/mol. The van der Waals surface area contributed by atoms with E-state index >= 15 is 0 Å². The van der Waals surface area contributed by atoms with E-state index in [1.165, 1.54) is 12.1 Å². The summed E-state index contributed by atoms with van der Waals surface area (Å²) in [6.45, 7) is 2.61. The Morgan fingerprint density at radius 3 is 2.58 bits per heavy atom. The number of hydrogen-bond acceptors (Lipinski definition) is 3. The highest BCUT2D eigenvalue weighted by Gasteiger charge is 2.12. The van der Waals surface area contributed by atoms with E-state index in [2.05, 4.69) is 22.0 Å². The fourth-order valence-electron chi connectivity index (χ4n) is 2.84. The van der Waals surface area contributed by atoms with Crippen molar-refractivity contribution in [2.75, 3.05) is 0 Å². The van der Waals surface area contributed by atoms with Gasteiger partial charge < -0.3 is 0 Å². The number of halogens is 1. The molecule has 0 bridgehead atoms. The molecule has 0 aliphatic heterocycles. The summed E-state index contributed by atoms with van der Waals surface area (Å²) in [5.74, 6) is -0.239. The minimum absolute atomic E-state index is 0.239. The molecule has 0 atom stereocenters. The summed E-state index contributed by atoms with van der Waals surface area (Å²) < 4.78 is 14.9. The van der Waals surface area contributed by atoms with E-state index in [4.69, 9.17) is 0 Å². The fraction of sp³-hybridized carbons (Fsp3) is 0.105. The van der Waals surface area contributed by atoms with Crippen LogP contribution in [0.15, 0.2) is 61.2 Å². The maximum absolute atomic E-state index is 13.1. The highest BCUT2D eigenvalue weighted by Crippen LogP contribution is 2.29. The predicted octanol–water partition coefficient (Wildman–Crippen LogP) is 3.99. The second-order valence-electron chi connectivity index (χ2n) is 5.72. The normalized spacial score (nSPS) is 11.1. The van der Waals surface area contributed by atoms with Gasteiger partial charge in [0.25, 0.3) is 0 Å². The summed E-state index contributed by atoms with van der Waals surface area (Å²) in [5.41, 5.74) is 5.08. The number of hydrogen-bond donors (Lipinski definition) is 0. The minimum atomic E-state index is -0.239. The molecule has 3 heterocycles. The van der Waals surface area contributed by atoms with Crippen molar-refractivity contribution in [1.82, 2.24) is 19.7 Å². The van der Waals surface area contributed by atoms with Gasteiger partial charge in [0.15, 0.2) is 5.65 Å². The van der Waals surface area contributed by atoms with Crippen molar-refractivity contribution in [2.45, 2.75) is 13.5 Å². The van der Waals surface area contributed by atoms with Gasteiger partial charge in [-0.1, -0.05) is 12.1 Å². The molecule has 24 heavy (non-hydrogen) atoms. The zero-order valence-corrected chi connectivity index (χ0v) is 13.1. The van der Waals surface area contributed by atoms with Crippen LogP contribution >= 0.6 is 0 Å². The number of pyridine rings is 2. The Morgan fingerprint density at radius 2 is 1.79 bits per heavy atom. The first-order valence-electron chi connectivity index (χ1n) is 7.68. The Bertz CT molecular complexity index is 1010. The Hall–Kier alpha value is -3.08. The van der Waals surface area contributed by atoms with Gasteiger partial charge in [0, 0.05) is 29.5 Å².